The Balaban J connectivity index is 2.04. The fourth-order valence-electron chi connectivity index (χ4n) is 1.61. The van der Waals surface area contributed by atoms with E-state index in [2.05, 4.69) is 34.3 Å². The lowest BCUT2D eigenvalue weighted by atomic mass is 10.2. The molecule has 5 nitrogen and oxygen atoms in total. The van der Waals surface area contributed by atoms with Crippen molar-refractivity contribution in [3.05, 3.63) is 29.8 Å². The summed E-state index contributed by atoms with van der Waals surface area (Å²) in [6.45, 7) is 7.82. The SMILES string of the molecule is Cc1cccnc1-c1noc(CNCC(C)C)n1. The van der Waals surface area contributed by atoms with Gasteiger partial charge < -0.3 is 9.84 Å². The molecule has 2 aromatic heterocycles. The minimum absolute atomic E-state index is 0.550. The Bertz CT molecular complexity index is 507. The van der Waals surface area contributed by atoms with E-state index in [4.69, 9.17) is 4.52 Å². The Morgan fingerprint density at radius 2 is 2.22 bits per heavy atom. The van der Waals surface area contributed by atoms with Gasteiger partial charge in [0.15, 0.2) is 0 Å². The van der Waals surface area contributed by atoms with E-state index < -0.39 is 0 Å². The fourth-order valence-corrected chi connectivity index (χ4v) is 1.61. The lowest BCUT2D eigenvalue weighted by Gasteiger charge is -2.03. The van der Waals surface area contributed by atoms with Gasteiger partial charge in [0.2, 0.25) is 11.7 Å². The highest BCUT2D eigenvalue weighted by molar-refractivity contribution is 5.52. The van der Waals surface area contributed by atoms with E-state index in [1.165, 1.54) is 0 Å². The van der Waals surface area contributed by atoms with Crippen molar-refractivity contribution in [1.82, 2.24) is 20.4 Å². The summed E-state index contributed by atoms with van der Waals surface area (Å²) in [6.07, 6.45) is 1.73. The molecule has 0 aliphatic heterocycles. The van der Waals surface area contributed by atoms with Crippen LogP contribution in [-0.2, 0) is 6.54 Å². The largest absolute Gasteiger partial charge is 0.337 e. The van der Waals surface area contributed by atoms with Gasteiger partial charge >= 0.3 is 0 Å². The van der Waals surface area contributed by atoms with Crippen LogP contribution < -0.4 is 5.32 Å². The van der Waals surface area contributed by atoms with E-state index in [0.29, 0.717) is 24.2 Å². The topological polar surface area (TPSA) is 63.8 Å². The van der Waals surface area contributed by atoms with Crippen LogP contribution in [0.5, 0.6) is 0 Å². The van der Waals surface area contributed by atoms with Crippen molar-refractivity contribution in [3.8, 4) is 11.5 Å². The molecule has 0 radical (unpaired) electrons. The quantitative estimate of drug-likeness (QED) is 0.876. The number of pyridine rings is 1. The van der Waals surface area contributed by atoms with Crippen molar-refractivity contribution in [2.45, 2.75) is 27.3 Å². The van der Waals surface area contributed by atoms with E-state index in [0.717, 1.165) is 17.8 Å². The van der Waals surface area contributed by atoms with Gasteiger partial charge in [-0.15, -0.1) is 0 Å². The summed E-state index contributed by atoms with van der Waals surface area (Å²) in [5.74, 6) is 1.75. The monoisotopic (exact) mass is 246 g/mol. The number of hydrogen-bond donors (Lipinski definition) is 1. The van der Waals surface area contributed by atoms with Crippen LogP contribution in [0.2, 0.25) is 0 Å². The predicted octanol–water partition coefficient (Wildman–Crippen LogP) is 2.19. The van der Waals surface area contributed by atoms with Crippen molar-refractivity contribution in [2.75, 3.05) is 6.54 Å². The molecule has 18 heavy (non-hydrogen) atoms. The molecule has 96 valence electrons. The van der Waals surface area contributed by atoms with Crippen molar-refractivity contribution in [1.29, 1.82) is 0 Å². The van der Waals surface area contributed by atoms with Crippen molar-refractivity contribution in [2.24, 2.45) is 5.92 Å². The molecule has 0 amide bonds. The molecular weight excluding hydrogens is 228 g/mol. The Hall–Kier alpha value is -1.75. The molecule has 0 bridgehead atoms. The van der Waals surface area contributed by atoms with Gasteiger partial charge in [-0.05, 0) is 31.0 Å². The molecule has 0 aliphatic rings. The highest BCUT2D eigenvalue weighted by Gasteiger charge is 2.11. The normalized spacial score (nSPS) is 11.1. The highest BCUT2D eigenvalue weighted by Crippen LogP contribution is 2.16. The second-order valence-corrected chi connectivity index (χ2v) is 4.71. The number of nitrogens with one attached hydrogen (secondary N) is 1. The second kappa shape index (κ2) is 5.73. The molecule has 0 spiro atoms. The van der Waals surface area contributed by atoms with E-state index in [-0.39, 0.29) is 0 Å². The Morgan fingerprint density at radius 3 is 2.94 bits per heavy atom. The standard InChI is InChI=1S/C13H18N4O/c1-9(2)7-14-8-11-16-13(17-18-11)12-10(3)5-4-6-15-12/h4-6,9,14H,7-8H2,1-3H3. The molecule has 5 heteroatoms. The van der Waals surface area contributed by atoms with Crippen molar-refractivity contribution < 1.29 is 4.52 Å². The van der Waals surface area contributed by atoms with Gasteiger partial charge in [-0.2, -0.15) is 4.98 Å². The Morgan fingerprint density at radius 1 is 1.39 bits per heavy atom. The number of rotatable bonds is 5. The molecule has 0 aliphatic carbocycles. The van der Waals surface area contributed by atoms with Crippen LogP contribution in [0.15, 0.2) is 22.9 Å². The fraction of sp³-hybridized carbons (Fsp3) is 0.462. The predicted molar refractivity (Wildman–Crippen MR) is 68.8 cm³/mol. The summed E-state index contributed by atoms with van der Waals surface area (Å²) < 4.78 is 5.19. The van der Waals surface area contributed by atoms with Gasteiger partial charge in [-0.3, -0.25) is 4.98 Å². The molecule has 2 rings (SSSR count). The maximum Gasteiger partial charge on any atom is 0.240 e. The molecule has 0 saturated heterocycles. The molecule has 0 fully saturated rings. The van der Waals surface area contributed by atoms with E-state index in [9.17, 15) is 0 Å². The lowest BCUT2D eigenvalue weighted by molar-refractivity contribution is 0.364. The van der Waals surface area contributed by atoms with Gasteiger partial charge in [0.25, 0.3) is 0 Å². The average Bonchev–Trinajstić information content (AvgIpc) is 2.78. The third-order valence-corrected chi connectivity index (χ3v) is 2.52. The van der Waals surface area contributed by atoms with Gasteiger partial charge in [0.1, 0.15) is 5.69 Å². The molecule has 0 aromatic carbocycles. The number of aryl methyl sites for hydroxylation is 1. The van der Waals surface area contributed by atoms with Gasteiger partial charge in [-0.1, -0.05) is 25.1 Å². The van der Waals surface area contributed by atoms with Crippen LogP contribution >= 0.6 is 0 Å². The Kier molecular flexibility index (Phi) is 4.04. The van der Waals surface area contributed by atoms with Gasteiger partial charge in [0, 0.05) is 6.20 Å². The molecule has 2 aromatic rings. The molecule has 0 unspecified atom stereocenters. The first-order chi connectivity index (χ1) is 8.66. The average molecular weight is 246 g/mol. The molecule has 2 heterocycles. The van der Waals surface area contributed by atoms with Gasteiger partial charge in [-0.25, -0.2) is 0 Å². The zero-order chi connectivity index (χ0) is 13.0. The smallest absolute Gasteiger partial charge is 0.240 e. The van der Waals surface area contributed by atoms with Crippen LogP contribution in [0, 0.1) is 12.8 Å². The third kappa shape index (κ3) is 3.13. The summed E-state index contributed by atoms with van der Waals surface area (Å²) in [5.41, 5.74) is 1.82. The summed E-state index contributed by atoms with van der Waals surface area (Å²) in [4.78, 5) is 8.60. The molecule has 0 atom stereocenters. The number of aromatic nitrogens is 3. The van der Waals surface area contributed by atoms with Crippen molar-refractivity contribution >= 4 is 0 Å². The molecular formula is C13H18N4O. The minimum Gasteiger partial charge on any atom is -0.337 e. The van der Waals surface area contributed by atoms with Crippen molar-refractivity contribution in [3.63, 3.8) is 0 Å². The molecule has 1 N–H and O–H groups in total. The summed E-state index contributed by atoms with van der Waals surface area (Å²) >= 11 is 0. The first-order valence-corrected chi connectivity index (χ1v) is 6.12. The molecule has 0 saturated carbocycles. The summed E-state index contributed by atoms with van der Waals surface area (Å²) in [6, 6.07) is 3.87. The summed E-state index contributed by atoms with van der Waals surface area (Å²) in [5, 5.41) is 7.22. The van der Waals surface area contributed by atoms with E-state index in [1.807, 2.05) is 19.1 Å². The zero-order valence-electron chi connectivity index (χ0n) is 11.0. The van der Waals surface area contributed by atoms with Crippen LogP contribution in [0.1, 0.15) is 25.3 Å². The zero-order valence-corrected chi connectivity index (χ0v) is 11.0. The van der Waals surface area contributed by atoms with Crippen LogP contribution in [0.4, 0.5) is 0 Å². The third-order valence-electron chi connectivity index (χ3n) is 2.52. The van der Waals surface area contributed by atoms with E-state index in [1.54, 1.807) is 6.20 Å². The summed E-state index contributed by atoms with van der Waals surface area (Å²) in [7, 11) is 0. The highest BCUT2D eigenvalue weighted by atomic mass is 16.5. The lowest BCUT2D eigenvalue weighted by Crippen LogP contribution is -2.19. The number of nitrogens with zero attached hydrogens (tertiary/aromatic N) is 3. The maximum atomic E-state index is 5.19. The minimum atomic E-state index is 0.550. The second-order valence-electron chi connectivity index (χ2n) is 4.71. The first-order valence-electron chi connectivity index (χ1n) is 6.12. The number of hydrogen-bond acceptors (Lipinski definition) is 5. The van der Waals surface area contributed by atoms with Crippen LogP contribution in [0.3, 0.4) is 0 Å². The first kappa shape index (κ1) is 12.7. The van der Waals surface area contributed by atoms with Gasteiger partial charge in [0.05, 0.1) is 6.54 Å². The van der Waals surface area contributed by atoms with Crippen LogP contribution in [-0.4, -0.2) is 21.7 Å². The maximum absolute atomic E-state index is 5.19. The van der Waals surface area contributed by atoms with E-state index >= 15 is 0 Å². The van der Waals surface area contributed by atoms with Crippen LogP contribution in [0.25, 0.3) is 11.5 Å². The Labute approximate surface area is 107 Å².